The number of nitrogen functional groups attached to an aromatic ring is 1. The van der Waals surface area contributed by atoms with Crippen LogP contribution in [0.25, 0.3) is 0 Å². The Labute approximate surface area is 133 Å². The van der Waals surface area contributed by atoms with Crippen LogP contribution >= 0.6 is 15.9 Å². The number of aromatic nitrogens is 2. The Kier molecular flexibility index (Phi) is 5.38. The molecular formula is C15H20BrN5. The van der Waals surface area contributed by atoms with Crippen molar-refractivity contribution in [3.63, 3.8) is 0 Å². The molecule has 6 heteroatoms. The van der Waals surface area contributed by atoms with Crippen molar-refractivity contribution < 1.29 is 0 Å². The fraction of sp³-hybridized carbons (Fsp3) is 0.333. The Morgan fingerprint density at radius 3 is 2.62 bits per heavy atom. The first-order valence-corrected chi connectivity index (χ1v) is 7.72. The maximum absolute atomic E-state index is 5.79. The standard InChI is InChI=1S/C15H20BrN5/c1-3-8-18-13-9-14(20-15(17)19-13)21(2)10-11-4-6-12(16)7-5-11/h4-7,9H,3,8,10H2,1-2H3,(H3,17,18,19,20). The lowest BCUT2D eigenvalue weighted by Crippen LogP contribution is -2.19. The average molecular weight is 350 g/mol. The van der Waals surface area contributed by atoms with E-state index in [-0.39, 0.29) is 5.95 Å². The summed E-state index contributed by atoms with van der Waals surface area (Å²) < 4.78 is 1.08. The van der Waals surface area contributed by atoms with Crippen LogP contribution in [0, 0.1) is 0 Å². The minimum Gasteiger partial charge on any atom is -0.370 e. The van der Waals surface area contributed by atoms with E-state index in [0.717, 1.165) is 35.6 Å². The van der Waals surface area contributed by atoms with E-state index in [1.54, 1.807) is 0 Å². The van der Waals surface area contributed by atoms with E-state index in [1.165, 1.54) is 5.56 Å². The van der Waals surface area contributed by atoms with E-state index in [2.05, 4.69) is 55.2 Å². The van der Waals surface area contributed by atoms with Crippen LogP contribution in [-0.2, 0) is 6.54 Å². The number of rotatable bonds is 6. The normalized spacial score (nSPS) is 10.4. The summed E-state index contributed by atoms with van der Waals surface area (Å²) in [5.41, 5.74) is 7.00. The number of halogens is 1. The van der Waals surface area contributed by atoms with Gasteiger partial charge in [0, 0.05) is 30.7 Å². The highest BCUT2D eigenvalue weighted by Gasteiger charge is 2.07. The van der Waals surface area contributed by atoms with Crippen molar-refractivity contribution >= 4 is 33.5 Å². The van der Waals surface area contributed by atoms with Gasteiger partial charge in [0.1, 0.15) is 11.6 Å². The highest BCUT2D eigenvalue weighted by molar-refractivity contribution is 9.10. The number of benzene rings is 1. The fourth-order valence-corrected chi connectivity index (χ4v) is 2.20. The number of nitrogens with one attached hydrogen (secondary N) is 1. The Balaban J connectivity index is 2.12. The molecule has 0 aliphatic carbocycles. The van der Waals surface area contributed by atoms with Crippen LogP contribution in [0.2, 0.25) is 0 Å². The first-order chi connectivity index (χ1) is 10.1. The van der Waals surface area contributed by atoms with Gasteiger partial charge in [0.15, 0.2) is 0 Å². The molecule has 0 radical (unpaired) electrons. The van der Waals surface area contributed by atoms with Crippen LogP contribution < -0.4 is 16.0 Å². The largest absolute Gasteiger partial charge is 0.370 e. The molecule has 0 spiro atoms. The van der Waals surface area contributed by atoms with Gasteiger partial charge in [-0.3, -0.25) is 0 Å². The smallest absolute Gasteiger partial charge is 0.223 e. The zero-order chi connectivity index (χ0) is 15.2. The van der Waals surface area contributed by atoms with Gasteiger partial charge in [-0.2, -0.15) is 9.97 Å². The van der Waals surface area contributed by atoms with E-state index in [0.29, 0.717) is 0 Å². The SMILES string of the molecule is CCCNc1cc(N(C)Cc2ccc(Br)cc2)nc(N)n1. The van der Waals surface area contributed by atoms with Crippen molar-refractivity contribution in [2.45, 2.75) is 19.9 Å². The molecule has 0 saturated heterocycles. The third-order valence-electron chi connectivity index (χ3n) is 3.01. The van der Waals surface area contributed by atoms with Gasteiger partial charge in [-0.1, -0.05) is 35.0 Å². The first kappa shape index (κ1) is 15.6. The molecule has 1 aromatic heterocycles. The molecule has 21 heavy (non-hydrogen) atoms. The minimum atomic E-state index is 0.286. The van der Waals surface area contributed by atoms with Gasteiger partial charge < -0.3 is 16.0 Å². The minimum absolute atomic E-state index is 0.286. The van der Waals surface area contributed by atoms with Gasteiger partial charge in [-0.15, -0.1) is 0 Å². The monoisotopic (exact) mass is 349 g/mol. The fourth-order valence-electron chi connectivity index (χ4n) is 1.94. The second kappa shape index (κ2) is 7.26. The van der Waals surface area contributed by atoms with E-state index in [9.17, 15) is 0 Å². The third kappa shape index (κ3) is 4.60. The summed E-state index contributed by atoms with van der Waals surface area (Å²) in [5.74, 6) is 1.86. The number of nitrogens with two attached hydrogens (primary N) is 1. The molecule has 0 aliphatic heterocycles. The van der Waals surface area contributed by atoms with Gasteiger partial charge in [0.05, 0.1) is 0 Å². The summed E-state index contributed by atoms with van der Waals surface area (Å²) in [6.45, 7) is 3.74. The van der Waals surface area contributed by atoms with E-state index in [4.69, 9.17) is 5.73 Å². The molecule has 5 nitrogen and oxygen atoms in total. The van der Waals surface area contributed by atoms with Crippen molar-refractivity contribution in [2.75, 3.05) is 29.5 Å². The lowest BCUT2D eigenvalue weighted by molar-refractivity contribution is 0.891. The summed E-state index contributed by atoms with van der Waals surface area (Å²) in [4.78, 5) is 10.5. The maximum atomic E-state index is 5.79. The van der Waals surface area contributed by atoms with Gasteiger partial charge in [0.2, 0.25) is 5.95 Å². The van der Waals surface area contributed by atoms with Gasteiger partial charge in [-0.25, -0.2) is 0 Å². The van der Waals surface area contributed by atoms with Crippen molar-refractivity contribution in [3.8, 4) is 0 Å². The third-order valence-corrected chi connectivity index (χ3v) is 3.54. The van der Waals surface area contributed by atoms with E-state index >= 15 is 0 Å². The maximum Gasteiger partial charge on any atom is 0.223 e. The Bertz CT molecular complexity index is 585. The van der Waals surface area contributed by atoms with Gasteiger partial charge >= 0.3 is 0 Å². The Morgan fingerprint density at radius 2 is 1.95 bits per heavy atom. The number of hydrogen-bond acceptors (Lipinski definition) is 5. The highest BCUT2D eigenvalue weighted by Crippen LogP contribution is 2.19. The first-order valence-electron chi connectivity index (χ1n) is 6.92. The molecule has 0 amide bonds. The van der Waals surface area contributed by atoms with Crippen LogP contribution in [0.5, 0.6) is 0 Å². The van der Waals surface area contributed by atoms with Gasteiger partial charge in [-0.05, 0) is 24.1 Å². The van der Waals surface area contributed by atoms with Crippen molar-refractivity contribution in [1.29, 1.82) is 0 Å². The molecule has 0 bridgehead atoms. The van der Waals surface area contributed by atoms with Crippen LogP contribution in [0.15, 0.2) is 34.8 Å². The van der Waals surface area contributed by atoms with Crippen molar-refractivity contribution in [3.05, 3.63) is 40.4 Å². The zero-order valence-corrected chi connectivity index (χ0v) is 13.9. The van der Waals surface area contributed by atoms with Gasteiger partial charge in [0.25, 0.3) is 0 Å². The summed E-state index contributed by atoms with van der Waals surface area (Å²) in [7, 11) is 1.99. The summed E-state index contributed by atoms with van der Waals surface area (Å²) in [6, 6.07) is 10.2. The predicted octanol–water partition coefficient (Wildman–Crippen LogP) is 3.28. The van der Waals surface area contributed by atoms with E-state index in [1.807, 2.05) is 25.2 Å². The molecule has 112 valence electrons. The predicted molar refractivity (Wildman–Crippen MR) is 91.5 cm³/mol. The van der Waals surface area contributed by atoms with Crippen LogP contribution in [0.4, 0.5) is 17.6 Å². The highest BCUT2D eigenvalue weighted by atomic mass is 79.9. The molecule has 0 atom stereocenters. The topological polar surface area (TPSA) is 67.1 Å². The molecule has 0 fully saturated rings. The molecule has 0 unspecified atom stereocenters. The average Bonchev–Trinajstić information content (AvgIpc) is 2.47. The zero-order valence-electron chi connectivity index (χ0n) is 12.3. The lowest BCUT2D eigenvalue weighted by atomic mass is 10.2. The molecule has 0 aliphatic rings. The second-order valence-electron chi connectivity index (χ2n) is 4.88. The number of hydrogen-bond donors (Lipinski definition) is 2. The number of nitrogens with zero attached hydrogens (tertiary/aromatic N) is 3. The molecule has 2 aromatic rings. The van der Waals surface area contributed by atoms with Crippen molar-refractivity contribution in [1.82, 2.24) is 9.97 Å². The van der Waals surface area contributed by atoms with Crippen molar-refractivity contribution in [2.24, 2.45) is 0 Å². The molecule has 0 saturated carbocycles. The van der Waals surface area contributed by atoms with Crippen LogP contribution in [0.3, 0.4) is 0 Å². The summed E-state index contributed by atoms with van der Waals surface area (Å²) in [5, 5.41) is 3.24. The number of anilines is 3. The van der Waals surface area contributed by atoms with E-state index < -0.39 is 0 Å². The summed E-state index contributed by atoms with van der Waals surface area (Å²) in [6.07, 6.45) is 1.04. The quantitative estimate of drug-likeness (QED) is 0.837. The molecule has 3 N–H and O–H groups in total. The summed E-state index contributed by atoms with van der Waals surface area (Å²) >= 11 is 3.44. The lowest BCUT2D eigenvalue weighted by Gasteiger charge is -2.19. The molecular weight excluding hydrogens is 330 g/mol. The molecule has 1 aromatic carbocycles. The van der Waals surface area contributed by atoms with Crippen LogP contribution in [0.1, 0.15) is 18.9 Å². The Morgan fingerprint density at radius 1 is 1.24 bits per heavy atom. The Hall–Kier alpha value is -1.82. The van der Waals surface area contributed by atoms with Crippen LogP contribution in [-0.4, -0.2) is 23.6 Å². The molecule has 2 rings (SSSR count). The molecule has 1 heterocycles. The second-order valence-corrected chi connectivity index (χ2v) is 5.79.